The van der Waals surface area contributed by atoms with Gasteiger partial charge in [-0.15, -0.1) is 0 Å². The molecular weight excluding hydrogens is 148 g/mol. The largest absolute Gasteiger partial charge is 0.393 e. The predicted molar refractivity (Wildman–Crippen MR) is 38.6 cm³/mol. The molecule has 66 valence electrons. The van der Waals surface area contributed by atoms with E-state index < -0.39 is 18.3 Å². The van der Waals surface area contributed by atoms with Crippen molar-refractivity contribution < 1.29 is 15.3 Å². The molecule has 0 radical (unpaired) electrons. The molecule has 1 fully saturated rings. The van der Waals surface area contributed by atoms with Crippen LogP contribution in [0.2, 0.25) is 0 Å². The predicted octanol–water partition coefficient (Wildman–Crippen LogP) is -2.43. The summed E-state index contributed by atoms with van der Waals surface area (Å²) in [7, 11) is 0. The van der Waals surface area contributed by atoms with Crippen LogP contribution >= 0.6 is 0 Å². The molecule has 0 amide bonds. The molecule has 0 spiro atoms. The van der Waals surface area contributed by atoms with Crippen LogP contribution in [-0.4, -0.2) is 46.2 Å². The number of hydrazine groups is 1. The molecule has 11 heavy (non-hydrogen) atoms. The molecule has 0 aromatic heterocycles. The van der Waals surface area contributed by atoms with Crippen molar-refractivity contribution in [1.29, 1.82) is 0 Å². The summed E-state index contributed by atoms with van der Waals surface area (Å²) in [6.45, 7) is 1.48. The highest BCUT2D eigenvalue weighted by Gasteiger charge is 2.43. The molecule has 5 heteroatoms. The lowest BCUT2D eigenvalue weighted by Crippen LogP contribution is -2.69. The minimum Gasteiger partial charge on any atom is -0.393 e. The standard InChI is InChI=1S/C6H14N2O3/c1-4-6(11,3-9)5(10)2-7-8-4/h4-5,7-11H,2-3H2,1H3/t4-,5+,6+/m1/s1. The monoisotopic (exact) mass is 162 g/mol. The average Bonchev–Trinajstić information content (AvgIpc) is 2.00. The van der Waals surface area contributed by atoms with Crippen molar-refractivity contribution in [1.82, 2.24) is 10.9 Å². The summed E-state index contributed by atoms with van der Waals surface area (Å²) in [5, 5.41) is 27.7. The maximum atomic E-state index is 9.61. The van der Waals surface area contributed by atoms with Crippen molar-refractivity contribution in [3.63, 3.8) is 0 Å². The summed E-state index contributed by atoms with van der Waals surface area (Å²) in [5.41, 5.74) is 4.01. The third-order valence-corrected chi connectivity index (χ3v) is 2.19. The third-order valence-electron chi connectivity index (χ3n) is 2.19. The Morgan fingerprint density at radius 2 is 2.27 bits per heavy atom. The minimum absolute atomic E-state index is 0.238. The Bertz CT molecular complexity index is 132. The van der Waals surface area contributed by atoms with Crippen LogP contribution in [0.1, 0.15) is 6.92 Å². The fourth-order valence-corrected chi connectivity index (χ4v) is 1.14. The van der Waals surface area contributed by atoms with Crippen molar-refractivity contribution in [2.24, 2.45) is 0 Å². The zero-order valence-electron chi connectivity index (χ0n) is 6.41. The van der Waals surface area contributed by atoms with E-state index in [0.717, 1.165) is 0 Å². The summed E-state index contributed by atoms with van der Waals surface area (Å²) in [5.74, 6) is 0. The van der Waals surface area contributed by atoms with E-state index in [1.165, 1.54) is 0 Å². The molecule has 0 aromatic rings. The maximum absolute atomic E-state index is 9.61. The highest BCUT2D eigenvalue weighted by Crippen LogP contribution is 2.17. The van der Waals surface area contributed by atoms with Gasteiger partial charge in [-0.1, -0.05) is 0 Å². The Labute approximate surface area is 65.0 Å². The van der Waals surface area contributed by atoms with Gasteiger partial charge in [-0.25, -0.2) is 0 Å². The molecule has 0 bridgehead atoms. The van der Waals surface area contributed by atoms with Crippen LogP contribution in [0, 0.1) is 0 Å². The molecule has 3 atom stereocenters. The normalized spacial score (nSPS) is 45.8. The summed E-state index contributed by atoms with van der Waals surface area (Å²) in [6, 6.07) is -0.365. The average molecular weight is 162 g/mol. The molecule has 1 aliphatic heterocycles. The number of aliphatic hydroxyl groups excluding tert-OH is 2. The van der Waals surface area contributed by atoms with Gasteiger partial charge in [-0.3, -0.25) is 10.9 Å². The van der Waals surface area contributed by atoms with Gasteiger partial charge >= 0.3 is 0 Å². The molecule has 0 saturated carbocycles. The van der Waals surface area contributed by atoms with Crippen LogP contribution in [-0.2, 0) is 0 Å². The van der Waals surface area contributed by atoms with Crippen molar-refractivity contribution >= 4 is 0 Å². The Kier molecular flexibility index (Phi) is 2.46. The smallest absolute Gasteiger partial charge is 0.131 e. The van der Waals surface area contributed by atoms with E-state index in [1.54, 1.807) is 6.92 Å². The van der Waals surface area contributed by atoms with Crippen LogP contribution in [0.15, 0.2) is 0 Å². The number of nitrogens with one attached hydrogen (secondary N) is 2. The van der Waals surface area contributed by atoms with Crippen molar-refractivity contribution in [3.05, 3.63) is 0 Å². The second kappa shape index (κ2) is 3.04. The molecule has 5 nitrogen and oxygen atoms in total. The fraction of sp³-hybridized carbons (Fsp3) is 1.00. The van der Waals surface area contributed by atoms with Gasteiger partial charge < -0.3 is 15.3 Å². The molecule has 0 aromatic carbocycles. The van der Waals surface area contributed by atoms with Crippen molar-refractivity contribution in [3.8, 4) is 0 Å². The number of hydrogen-bond acceptors (Lipinski definition) is 5. The van der Waals surface area contributed by atoms with Gasteiger partial charge in [0.25, 0.3) is 0 Å². The van der Waals surface area contributed by atoms with E-state index in [9.17, 15) is 10.2 Å². The van der Waals surface area contributed by atoms with Gasteiger partial charge in [0.05, 0.1) is 12.6 Å². The van der Waals surface area contributed by atoms with Gasteiger partial charge in [0.15, 0.2) is 0 Å². The van der Waals surface area contributed by atoms with E-state index in [2.05, 4.69) is 10.9 Å². The first-order valence-corrected chi connectivity index (χ1v) is 3.61. The minimum atomic E-state index is -1.43. The van der Waals surface area contributed by atoms with Crippen molar-refractivity contribution in [2.45, 2.75) is 24.7 Å². The Hall–Kier alpha value is -0.200. The fourth-order valence-electron chi connectivity index (χ4n) is 1.14. The Morgan fingerprint density at radius 3 is 2.64 bits per heavy atom. The first-order chi connectivity index (χ1) is 5.11. The maximum Gasteiger partial charge on any atom is 0.131 e. The van der Waals surface area contributed by atoms with E-state index in [0.29, 0.717) is 0 Å². The number of aliphatic hydroxyl groups is 3. The van der Waals surface area contributed by atoms with Crippen LogP contribution in [0.4, 0.5) is 0 Å². The van der Waals surface area contributed by atoms with E-state index in [4.69, 9.17) is 5.11 Å². The van der Waals surface area contributed by atoms with Gasteiger partial charge in [0.2, 0.25) is 0 Å². The Balaban J connectivity index is 2.69. The van der Waals surface area contributed by atoms with Gasteiger partial charge in [-0.05, 0) is 6.92 Å². The Morgan fingerprint density at radius 1 is 1.64 bits per heavy atom. The summed E-state index contributed by atoms with van der Waals surface area (Å²) in [6.07, 6.45) is -0.927. The number of rotatable bonds is 1. The van der Waals surface area contributed by atoms with Crippen LogP contribution in [0.3, 0.4) is 0 Å². The van der Waals surface area contributed by atoms with E-state index in [1.807, 2.05) is 0 Å². The lowest BCUT2D eigenvalue weighted by Gasteiger charge is -2.41. The first kappa shape index (κ1) is 8.89. The van der Waals surface area contributed by atoms with Gasteiger partial charge in [-0.2, -0.15) is 0 Å². The third kappa shape index (κ3) is 1.38. The van der Waals surface area contributed by atoms with E-state index in [-0.39, 0.29) is 12.6 Å². The van der Waals surface area contributed by atoms with Crippen LogP contribution < -0.4 is 10.9 Å². The highest BCUT2D eigenvalue weighted by atomic mass is 16.4. The zero-order chi connectivity index (χ0) is 8.48. The first-order valence-electron chi connectivity index (χ1n) is 3.61. The molecular formula is C6H14N2O3. The van der Waals surface area contributed by atoms with E-state index >= 15 is 0 Å². The summed E-state index contributed by atoms with van der Waals surface area (Å²) >= 11 is 0. The van der Waals surface area contributed by atoms with Gasteiger partial charge in [0, 0.05) is 6.54 Å². The van der Waals surface area contributed by atoms with Crippen LogP contribution in [0.5, 0.6) is 0 Å². The molecule has 1 rings (SSSR count). The topological polar surface area (TPSA) is 84.8 Å². The summed E-state index contributed by atoms with van der Waals surface area (Å²) < 4.78 is 0. The molecule has 0 aliphatic carbocycles. The van der Waals surface area contributed by atoms with Gasteiger partial charge in [0.1, 0.15) is 11.7 Å². The summed E-state index contributed by atoms with van der Waals surface area (Å²) in [4.78, 5) is 0. The quantitative estimate of drug-likeness (QED) is 0.296. The molecule has 5 N–H and O–H groups in total. The molecule has 0 unspecified atom stereocenters. The SMILES string of the molecule is C[C@H]1NNC[C@H](O)[C@]1(O)CO. The molecule has 1 aliphatic rings. The second-order valence-corrected chi connectivity index (χ2v) is 2.91. The molecule has 1 heterocycles. The highest BCUT2D eigenvalue weighted by molar-refractivity contribution is 4.97. The van der Waals surface area contributed by atoms with Crippen molar-refractivity contribution in [2.75, 3.05) is 13.2 Å². The zero-order valence-corrected chi connectivity index (χ0v) is 6.41. The second-order valence-electron chi connectivity index (χ2n) is 2.91. The number of β-amino-alcohol motifs (C(OH)–C–C–N with tert-alkyl or cyclic N) is 1. The molecule has 1 saturated heterocycles. The number of hydrogen-bond donors (Lipinski definition) is 5. The lowest BCUT2D eigenvalue weighted by atomic mass is 9.89. The lowest BCUT2D eigenvalue weighted by molar-refractivity contribution is -0.140. The van der Waals surface area contributed by atoms with Crippen LogP contribution in [0.25, 0.3) is 0 Å².